The van der Waals surface area contributed by atoms with Crippen molar-refractivity contribution in [2.45, 2.75) is 39.0 Å². The van der Waals surface area contributed by atoms with Crippen LogP contribution in [0, 0.1) is 24.6 Å². The van der Waals surface area contributed by atoms with Crippen molar-refractivity contribution < 1.29 is 19.1 Å². The molecular weight excluding hydrogens is 503 g/mol. The average Bonchev–Trinajstić information content (AvgIpc) is 2.94. The summed E-state index contributed by atoms with van der Waals surface area (Å²) in [6.45, 7) is 6.60. The van der Waals surface area contributed by atoms with Gasteiger partial charge in [0.05, 0.1) is 0 Å². The number of halogens is 1. The zero-order chi connectivity index (χ0) is 28.8. The molecule has 4 rings (SSSR count). The molecule has 5 nitrogen and oxygen atoms in total. The molecule has 1 N–H and O–H groups in total. The van der Waals surface area contributed by atoms with Gasteiger partial charge in [-0.1, -0.05) is 61.0 Å². The molecule has 0 saturated carbocycles. The van der Waals surface area contributed by atoms with Crippen molar-refractivity contribution in [3.8, 4) is 5.75 Å². The van der Waals surface area contributed by atoms with Crippen molar-refractivity contribution in [3.05, 3.63) is 100 Å². The number of piperidine rings is 1. The molecule has 1 aliphatic heterocycles. The molecule has 0 amide bonds. The zero-order valence-corrected chi connectivity index (χ0v) is 24.1. The first-order valence-electron chi connectivity index (χ1n) is 14.3. The third-order valence-electron chi connectivity index (χ3n) is 8.11. The van der Waals surface area contributed by atoms with Gasteiger partial charge < -0.3 is 14.9 Å². The van der Waals surface area contributed by atoms with E-state index in [9.17, 15) is 14.7 Å². The second kappa shape index (κ2) is 13.3. The maximum absolute atomic E-state index is 15.1. The van der Waals surface area contributed by atoms with Crippen LogP contribution in [0.2, 0.25) is 0 Å². The number of likely N-dealkylation sites (tertiary alicyclic amines) is 1. The lowest BCUT2D eigenvalue weighted by atomic mass is 9.67. The molecule has 3 aromatic rings. The number of rotatable bonds is 11. The Labute approximate surface area is 237 Å². The Morgan fingerprint density at radius 3 is 2.20 bits per heavy atom. The van der Waals surface area contributed by atoms with Crippen LogP contribution in [-0.2, 0) is 6.42 Å². The number of aryl methyl sites for hydroxylation is 1. The van der Waals surface area contributed by atoms with Crippen molar-refractivity contribution in [3.63, 3.8) is 0 Å². The number of unbranched alkanes of at least 4 members (excludes halogenated alkanes) is 1. The number of hydrogen-bond donors (Lipinski definition) is 1. The van der Waals surface area contributed by atoms with E-state index in [0.717, 1.165) is 37.1 Å². The number of ketones is 2. The number of nitrogens with zero attached hydrogens (tertiary/aromatic N) is 2. The van der Waals surface area contributed by atoms with E-state index in [4.69, 9.17) is 0 Å². The summed E-state index contributed by atoms with van der Waals surface area (Å²) in [4.78, 5) is 32.8. The molecule has 212 valence electrons. The number of benzene rings is 3. The molecule has 1 heterocycles. The van der Waals surface area contributed by atoms with Crippen molar-refractivity contribution in [2.75, 3.05) is 40.3 Å². The van der Waals surface area contributed by atoms with Crippen LogP contribution in [-0.4, -0.2) is 66.7 Å². The summed E-state index contributed by atoms with van der Waals surface area (Å²) < 4.78 is 15.1. The molecule has 0 aliphatic carbocycles. The molecule has 1 fully saturated rings. The third-order valence-corrected chi connectivity index (χ3v) is 8.11. The molecule has 1 saturated heterocycles. The fourth-order valence-electron chi connectivity index (χ4n) is 6.08. The Hall–Kier alpha value is -3.35. The quantitative estimate of drug-likeness (QED) is 0.232. The first kappa shape index (κ1) is 29.6. The smallest absolute Gasteiger partial charge is 0.167 e. The van der Waals surface area contributed by atoms with Gasteiger partial charge in [-0.2, -0.15) is 0 Å². The van der Waals surface area contributed by atoms with Gasteiger partial charge in [0.2, 0.25) is 0 Å². The highest BCUT2D eigenvalue weighted by Crippen LogP contribution is 2.43. The van der Waals surface area contributed by atoms with E-state index in [1.807, 2.05) is 44.2 Å². The molecule has 1 aliphatic rings. The normalized spacial score (nSPS) is 19.6. The number of carbonyl (C=O) groups excluding carboxylic acids is 2. The summed E-state index contributed by atoms with van der Waals surface area (Å²) in [5, 5.41) is 10.1. The minimum Gasteiger partial charge on any atom is -0.508 e. The van der Waals surface area contributed by atoms with Crippen LogP contribution in [0.25, 0.3) is 0 Å². The molecule has 0 radical (unpaired) electrons. The monoisotopic (exact) mass is 544 g/mol. The van der Waals surface area contributed by atoms with Crippen LogP contribution in [0.5, 0.6) is 5.75 Å². The van der Waals surface area contributed by atoms with Crippen LogP contribution >= 0.6 is 0 Å². The number of aromatic hydroxyl groups is 1. The lowest BCUT2D eigenvalue weighted by Crippen LogP contribution is -2.50. The van der Waals surface area contributed by atoms with Gasteiger partial charge in [0, 0.05) is 42.0 Å². The van der Waals surface area contributed by atoms with Crippen LogP contribution in [0.4, 0.5) is 4.39 Å². The summed E-state index contributed by atoms with van der Waals surface area (Å²) in [6, 6.07) is 19.0. The van der Waals surface area contributed by atoms with E-state index in [1.54, 1.807) is 18.2 Å². The Balaban J connectivity index is 1.80. The predicted molar refractivity (Wildman–Crippen MR) is 158 cm³/mol. The Bertz CT molecular complexity index is 1320. The predicted octanol–water partition coefficient (Wildman–Crippen LogP) is 6.14. The largest absolute Gasteiger partial charge is 0.508 e. The molecule has 3 unspecified atom stereocenters. The van der Waals surface area contributed by atoms with Gasteiger partial charge >= 0.3 is 0 Å². The van der Waals surface area contributed by atoms with Gasteiger partial charge in [0.25, 0.3) is 0 Å². The van der Waals surface area contributed by atoms with Gasteiger partial charge in [0.1, 0.15) is 11.6 Å². The van der Waals surface area contributed by atoms with E-state index >= 15 is 4.39 Å². The van der Waals surface area contributed by atoms with Crippen LogP contribution < -0.4 is 0 Å². The van der Waals surface area contributed by atoms with Gasteiger partial charge in [-0.25, -0.2) is 4.39 Å². The molecule has 3 aromatic carbocycles. The van der Waals surface area contributed by atoms with E-state index < -0.39 is 17.8 Å². The number of Topliss-reactive ketones (excluding diaryl/α,β-unsaturated/α-hetero) is 2. The SMILES string of the molecule is CCc1c(F)cccc1C1C(C(=O)c2ccc(C)cc2)CN(CCCCN(C)C)CC1C(=O)c1cccc(O)c1. The second-order valence-corrected chi connectivity index (χ2v) is 11.3. The summed E-state index contributed by atoms with van der Waals surface area (Å²) in [5.41, 5.74) is 3.36. The molecule has 0 bridgehead atoms. The molecule has 40 heavy (non-hydrogen) atoms. The summed E-state index contributed by atoms with van der Waals surface area (Å²) in [6.07, 6.45) is 2.42. The highest BCUT2D eigenvalue weighted by molar-refractivity contribution is 6.02. The molecule has 3 atom stereocenters. The maximum Gasteiger partial charge on any atom is 0.167 e. The average molecular weight is 545 g/mol. The third kappa shape index (κ3) is 6.86. The summed E-state index contributed by atoms with van der Waals surface area (Å²) in [5.74, 6) is -2.04. The molecular formula is C34H41FN2O3. The molecule has 6 heteroatoms. The minimum absolute atomic E-state index is 0.0195. The second-order valence-electron chi connectivity index (χ2n) is 11.3. The van der Waals surface area contributed by atoms with Gasteiger partial charge in [-0.05, 0) is 82.7 Å². The van der Waals surface area contributed by atoms with Crippen molar-refractivity contribution in [1.29, 1.82) is 0 Å². The van der Waals surface area contributed by atoms with Crippen molar-refractivity contribution >= 4 is 11.6 Å². The molecule has 0 spiro atoms. The number of phenols is 1. The van der Waals surface area contributed by atoms with Gasteiger partial charge in [-0.15, -0.1) is 0 Å². The minimum atomic E-state index is -0.573. The van der Waals surface area contributed by atoms with Crippen LogP contribution in [0.15, 0.2) is 66.7 Å². The van der Waals surface area contributed by atoms with Crippen LogP contribution in [0.1, 0.15) is 63.1 Å². The van der Waals surface area contributed by atoms with Crippen molar-refractivity contribution in [1.82, 2.24) is 9.80 Å². The highest BCUT2D eigenvalue weighted by atomic mass is 19.1. The summed E-state index contributed by atoms with van der Waals surface area (Å²) in [7, 11) is 4.10. The van der Waals surface area contributed by atoms with E-state index in [1.165, 1.54) is 18.2 Å². The van der Waals surface area contributed by atoms with Gasteiger partial charge in [0.15, 0.2) is 11.6 Å². The Morgan fingerprint density at radius 2 is 1.57 bits per heavy atom. The zero-order valence-electron chi connectivity index (χ0n) is 24.1. The van der Waals surface area contributed by atoms with Crippen molar-refractivity contribution in [2.24, 2.45) is 11.8 Å². The van der Waals surface area contributed by atoms with E-state index in [0.29, 0.717) is 36.2 Å². The Kier molecular flexibility index (Phi) is 9.88. The fraction of sp³-hybridized carbons (Fsp3) is 0.412. The standard InChI is InChI=1S/C34H41FN2O3/c1-5-27-28(12-9-13-31(27)35)32-29(33(39)24-16-14-23(2)15-17-24)21-37(19-7-6-18-36(3)4)22-30(32)34(40)25-10-8-11-26(38)20-25/h8-17,20,29-30,32,38H,5-7,18-19,21-22H2,1-4H3. The first-order chi connectivity index (χ1) is 19.2. The summed E-state index contributed by atoms with van der Waals surface area (Å²) >= 11 is 0. The van der Waals surface area contributed by atoms with Crippen LogP contribution in [0.3, 0.4) is 0 Å². The fourth-order valence-corrected chi connectivity index (χ4v) is 6.08. The Morgan fingerprint density at radius 1 is 0.925 bits per heavy atom. The maximum atomic E-state index is 15.1. The number of carbonyl (C=O) groups is 2. The van der Waals surface area contributed by atoms with E-state index in [2.05, 4.69) is 23.9 Å². The van der Waals surface area contributed by atoms with Gasteiger partial charge in [-0.3, -0.25) is 9.59 Å². The highest BCUT2D eigenvalue weighted by Gasteiger charge is 2.45. The first-order valence-corrected chi connectivity index (χ1v) is 14.3. The lowest BCUT2D eigenvalue weighted by Gasteiger charge is -2.44. The lowest BCUT2D eigenvalue weighted by molar-refractivity contribution is 0.0566. The topological polar surface area (TPSA) is 60.9 Å². The number of phenolic OH excluding ortho intramolecular Hbond substituents is 1. The molecule has 0 aromatic heterocycles. The number of hydrogen-bond acceptors (Lipinski definition) is 5. The van der Waals surface area contributed by atoms with E-state index in [-0.39, 0.29) is 23.1 Å².